The number of aromatic hydroxyl groups is 1. The molecule has 13 nitrogen and oxygen atoms in total. The van der Waals surface area contributed by atoms with Gasteiger partial charge in [-0.1, -0.05) is 38.5 Å². The van der Waals surface area contributed by atoms with Gasteiger partial charge in [0.25, 0.3) is 5.91 Å². The van der Waals surface area contributed by atoms with Crippen LogP contribution in [0, 0.1) is 24.2 Å². The van der Waals surface area contributed by atoms with E-state index in [1.54, 1.807) is 51.3 Å². The number of hydrogen-bond acceptors (Lipinski definition) is 10. The lowest BCUT2D eigenvalue weighted by Gasteiger charge is -2.50. The molecule has 0 unspecified atom stereocenters. The van der Waals surface area contributed by atoms with E-state index >= 15 is 0 Å². The Morgan fingerprint density at radius 3 is 2.20 bits per heavy atom. The molecule has 2 aromatic rings. The lowest BCUT2D eigenvalue weighted by molar-refractivity contribution is -0.153. The molecule has 3 amide bonds. The molecule has 2 aromatic carbocycles. The van der Waals surface area contributed by atoms with E-state index in [0.717, 1.165) is 5.56 Å². The highest BCUT2D eigenvalue weighted by Gasteiger charge is 2.64. The van der Waals surface area contributed by atoms with Crippen LogP contribution in [0.4, 0.5) is 16.2 Å². The predicted molar refractivity (Wildman–Crippen MR) is 189 cm³/mol. The van der Waals surface area contributed by atoms with Gasteiger partial charge in [0.15, 0.2) is 11.4 Å². The number of carbonyl (C=O) groups is 4. The SMILES string of the molecule is Cc1ccc(NC(=O)N(Cc2cc(N(C)C)c3c(c2O)C(O)=C2C(=O)[C@]4(O)C(O)=C(C(N)=O)C(=O)[C@@H](N(C)C)[C@@H]4C[C@@H]2C3)CC(C)(C)C)cc1. The molecule has 1 fully saturated rings. The zero-order valence-electron chi connectivity index (χ0n) is 29.8. The van der Waals surface area contributed by atoms with Crippen LogP contribution in [0.1, 0.15) is 49.4 Å². The lowest BCUT2D eigenvalue weighted by atomic mass is 9.57. The van der Waals surface area contributed by atoms with Crippen LogP contribution in [0.25, 0.3) is 5.76 Å². The second kappa shape index (κ2) is 12.8. The third-order valence-corrected chi connectivity index (χ3v) is 9.87. The van der Waals surface area contributed by atoms with Crippen molar-refractivity contribution in [3.05, 3.63) is 69.5 Å². The summed E-state index contributed by atoms with van der Waals surface area (Å²) in [7, 11) is 6.71. The number of nitrogens with two attached hydrogens (primary N) is 1. The molecule has 0 saturated heterocycles. The fourth-order valence-electron chi connectivity index (χ4n) is 7.68. The number of aliphatic hydroxyl groups is 3. The van der Waals surface area contributed by atoms with E-state index in [-0.39, 0.29) is 41.7 Å². The summed E-state index contributed by atoms with van der Waals surface area (Å²) in [5, 5.41) is 49.8. The molecule has 5 rings (SSSR count). The molecule has 13 heteroatoms. The van der Waals surface area contributed by atoms with Crippen molar-refractivity contribution in [1.82, 2.24) is 9.80 Å². The minimum atomic E-state index is -2.74. The number of aryl methyl sites for hydroxylation is 1. The first kappa shape index (κ1) is 36.4. The molecular weight excluding hydrogens is 642 g/mol. The van der Waals surface area contributed by atoms with Gasteiger partial charge in [-0.15, -0.1) is 0 Å². The molecule has 50 heavy (non-hydrogen) atoms. The summed E-state index contributed by atoms with van der Waals surface area (Å²) < 4.78 is 0. The van der Waals surface area contributed by atoms with Crippen molar-refractivity contribution in [1.29, 1.82) is 0 Å². The lowest BCUT2D eigenvalue weighted by Crippen LogP contribution is -2.65. The van der Waals surface area contributed by atoms with Gasteiger partial charge >= 0.3 is 6.03 Å². The Labute approximate surface area is 291 Å². The summed E-state index contributed by atoms with van der Waals surface area (Å²) in [6.07, 6.45) is 0.134. The highest BCUT2D eigenvalue weighted by Crippen LogP contribution is 2.54. The van der Waals surface area contributed by atoms with Gasteiger partial charge in [0.2, 0.25) is 5.78 Å². The molecule has 3 aliphatic rings. The van der Waals surface area contributed by atoms with E-state index in [9.17, 15) is 39.6 Å². The highest BCUT2D eigenvalue weighted by molar-refractivity contribution is 6.24. The number of aliphatic hydroxyl groups excluding tert-OH is 2. The van der Waals surface area contributed by atoms with Crippen molar-refractivity contribution < 1.29 is 39.6 Å². The van der Waals surface area contributed by atoms with E-state index in [0.29, 0.717) is 29.0 Å². The summed E-state index contributed by atoms with van der Waals surface area (Å²) in [5.74, 6) is -7.14. The number of nitrogens with zero attached hydrogens (tertiary/aromatic N) is 3. The zero-order chi connectivity index (χ0) is 37.2. The number of fused-ring (bicyclic) bond motifs is 3. The highest BCUT2D eigenvalue weighted by atomic mass is 16.3. The fraction of sp³-hybridized carbons (Fsp3) is 0.459. The van der Waals surface area contributed by atoms with Gasteiger partial charge in [-0.25, -0.2) is 4.79 Å². The Morgan fingerprint density at radius 1 is 1.04 bits per heavy atom. The zero-order valence-corrected chi connectivity index (χ0v) is 29.8. The number of ketones is 2. The number of primary amides is 1. The number of anilines is 2. The maximum atomic E-state index is 14.3. The standard InChI is InChI=1S/C37H47N5O8/c1-18-9-11-21(12-10-18)39-35(49)42(17-36(2,3)4)16-20-15-24(40(5)6)22-13-19-14-23-28(41(7)8)31(45)27(34(38)48)33(47)37(23,50)32(46)25(19)30(44)26(22)29(20)43/h9-12,15,19,23,28,43-44,47,50H,13-14,16-17H2,1-8H3,(H2,38,48)(H,39,49)/t19-,23-,28-,37-/m0/s1. The van der Waals surface area contributed by atoms with Crippen LogP contribution in [0.3, 0.4) is 0 Å². The van der Waals surface area contributed by atoms with Crippen molar-refractivity contribution in [2.75, 3.05) is 45.0 Å². The fourth-order valence-corrected chi connectivity index (χ4v) is 7.68. The van der Waals surface area contributed by atoms with E-state index < -0.39 is 64.1 Å². The molecule has 268 valence electrons. The number of phenolic OH excluding ortho intramolecular Hbond substituents is 1. The number of benzene rings is 2. The van der Waals surface area contributed by atoms with Gasteiger partial charge < -0.3 is 41.3 Å². The van der Waals surface area contributed by atoms with Crippen molar-refractivity contribution in [2.45, 2.75) is 58.7 Å². The molecule has 3 aliphatic carbocycles. The Bertz CT molecular complexity index is 1840. The van der Waals surface area contributed by atoms with Gasteiger partial charge in [0.1, 0.15) is 22.8 Å². The first-order chi connectivity index (χ1) is 23.2. The van der Waals surface area contributed by atoms with Gasteiger partial charge in [0, 0.05) is 49.1 Å². The predicted octanol–water partition coefficient (Wildman–Crippen LogP) is 3.42. The smallest absolute Gasteiger partial charge is 0.322 e. The van der Waals surface area contributed by atoms with Crippen LogP contribution in [-0.4, -0.2) is 100 Å². The second-order valence-corrected chi connectivity index (χ2v) is 15.3. The monoisotopic (exact) mass is 689 g/mol. The van der Waals surface area contributed by atoms with Crippen LogP contribution in [0.2, 0.25) is 0 Å². The average Bonchev–Trinajstić information content (AvgIpc) is 2.99. The number of urea groups is 1. The van der Waals surface area contributed by atoms with Crippen molar-refractivity contribution >= 4 is 40.6 Å². The molecule has 0 radical (unpaired) electrons. The largest absolute Gasteiger partial charge is 0.508 e. The Morgan fingerprint density at radius 2 is 1.66 bits per heavy atom. The number of nitrogens with one attached hydrogen (secondary N) is 1. The summed E-state index contributed by atoms with van der Waals surface area (Å²) in [5.41, 5.74) is 4.34. The quantitative estimate of drug-likeness (QED) is 0.234. The summed E-state index contributed by atoms with van der Waals surface area (Å²) in [6.45, 7) is 8.13. The van der Waals surface area contributed by atoms with Gasteiger partial charge in [0.05, 0.1) is 18.2 Å². The maximum absolute atomic E-state index is 14.3. The number of hydrogen-bond donors (Lipinski definition) is 6. The summed E-state index contributed by atoms with van der Waals surface area (Å²) >= 11 is 0. The van der Waals surface area contributed by atoms with E-state index in [1.807, 2.05) is 44.7 Å². The van der Waals surface area contributed by atoms with Gasteiger partial charge in [-0.05, 0) is 69.0 Å². The maximum Gasteiger partial charge on any atom is 0.322 e. The third-order valence-electron chi connectivity index (χ3n) is 9.87. The van der Waals surface area contributed by atoms with E-state index in [2.05, 4.69) is 5.32 Å². The Balaban J connectivity index is 1.64. The minimum absolute atomic E-state index is 0.0142. The molecule has 0 aliphatic heterocycles. The Hall–Kier alpha value is -4.88. The van der Waals surface area contributed by atoms with E-state index in [4.69, 9.17) is 5.73 Å². The number of likely N-dealkylation sites (N-methyl/N-ethyl adjacent to an activating group) is 1. The van der Waals surface area contributed by atoms with Gasteiger partial charge in [-0.2, -0.15) is 0 Å². The molecule has 1 saturated carbocycles. The van der Waals surface area contributed by atoms with Crippen molar-refractivity contribution in [2.24, 2.45) is 23.0 Å². The number of phenols is 1. The number of rotatable bonds is 7. The molecular formula is C37H47N5O8. The molecule has 4 atom stereocenters. The molecule has 0 bridgehead atoms. The molecule has 0 aromatic heterocycles. The number of Topliss-reactive ketones (excluding diaryl/α,β-unsaturated/α-hetero) is 2. The van der Waals surface area contributed by atoms with Crippen LogP contribution >= 0.6 is 0 Å². The van der Waals surface area contributed by atoms with E-state index in [1.165, 1.54) is 4.90 Å². The Kier molecular flexibility index (Phi) is 9.30. The van der Waals surface area contributed by atoms with Crippen LogP contribution < -0.4 is 16.0 Å². The second-order valence-electron chi connectivity index (χ2n) is 15.3. The number of amides is 3. The van der Waals surface area contributed by atoms with Crippen LogP contribution in [0.15, 0.2) is 47.2 Å². The topological polar surface area (TPSA) is 197 Å². The minimum Gasteiger partial charge on any atom is -0.508 e. The average molecular weight is 690 g/mol. The third kappa shape index (κ3) is 6.09. The summed E-state index contributed by atoms with van der Waals surface area (Å²) in [6, 6.07) is 7.54. The molecule has 0 heterocycles. The first-order valence-electron chi connectivity index (χ1n) is 16.5. The van der Waals surface area contributed by atoms with Gasteiger partial charge in [-0.3, -0.25) is 19.3 Å². The van der Waals surface area contributed by atoms with Crippen molar-refractivity contribution in [3.8, 4) is 5.75 Å². The summed E-state index contributed by atoms with van der Waals surface area (Å²) in [4.78, 5) is 58.5. The number of carbonyl (C=O) groups excluding carboxylic acids is 4. The normalized spacial score (nSPS) is 23.4. The van der Waals surface area contributed by atoms with Crippen LogP contribution in [0.5, 0.6) is 5.75 Å². The molecule has 7 N–H and O–H groups in total. The van der Waals surface area contributed by atoms with Crippen LogP contribution in [-0.2, 0) is 27.3 Å². The first-order valence-corrected chi connectivity index (χ1v) is 16.5. The van der Waals surface area contributed by atoms with Crippen molar-refractivity contribution in [3.63, 3.8) is 0 Å². The molecule has 0 spiro atoms.